The molecule has 0 spiro atoms. The van der Waals surface area contributed by atoms with Gasteiger partial charge in [0.15, 0.2) is 5.78 Å². The van der Waals surface area contributed by atoms with Crippen LogP contribution >= 0.6 is 0 Å². The summed E-state index contributed by atoms with van der Waals surface area (Å²) >= 11 is 0. The molecule has 1 saturated carbocycles. The lowest BCUT2D eigenvalue weighted by molar-refractivity contribution is 0.0884. The minimum Gasteiger partial charge on any atom is -0.328 e. The van der Waals surface area contributed by atoms with Crippen LogP contribution < -0.4 is 5.73 Å². The summed E-state index contributed by atoms with van der Waals surface area (Å²) in [6, 6.07) is 6.04. The SMILES string of the molecule is NC1CCC(C(=O)c2ccc(F)cc2)CC1. The van der Waals surface area contributed by atoms with Crippen molar-refractivity contribution in [3.05, 3.63) is 35.6 Å². The number of hydrogen-bond donors (Lipinski definition) is 1. The first-order valence-corrected chi connectivity index (χ1v) is 5.72. The highest BCUT2D eigenvalue weighted by Crippen LogP contribution is 2.26. The predicted octanol–water partition coefficient (Wildman–Crippen LogP) is 2.53. The van der Waals surface area contributed by atoms with E-state index in [4.69, 9.17) is 5.73 Å². The molecule has 0 aromatic heterocycles. The summed E-state index contributed by atoms with van der Waals surface area (Å²) in [5.74, 6) is -0.0978. The Kier molecular flexibility index (Phi) is 3.34. The Morgan fingerprint density at radius 2 is 1.69 bits per heavy atom. The van der Waals surface area contributed by atoms with E-state index in [-0.39, 0.29) is 23.6 Å². The van der Waals surface area contributed by atoms with Crippen LogP contribution in [0, 0.1) is 11.7 Å². The van der Waals surface area contributed by atoms with Crippen molar-refractivity contribution in [2.24, 2.45) is 11.7 Å². The van der Waals surface area contributed by atoms with E-state index >= 15 is 0 Å². The molecule has 0 bridgehead atoms. The van der Waals surface area contributed by atoms with Crippen molar-refractivity contribution in [2.75, 3.05) is 0 Å². The Bertz CT molecular complexity index is 366. The number of benzene rings is 1. The van der Waals surface area contributed by atoms with Gasteiger partial charge in [0.1, 0.15) is 5.82 Å². The second-order valence-corrected chi connectivity index (χ2v) is 4.48. The number of carbonyl (C=O) groups is 1. The molecule has 1 aliphatic carbocycles. The zero-order chi connectivity index (χ0) is 11.5. The van der Waals surface area contributed by atoms with Gasteiger partial charge in [-0.25, -0.2) is 4.39 Å². The first-order valence-electron chi connectivity index (χ1n) is 5.72. The third-order valence-corrected chi connectivity index (χ3v) is 3.27. The van der Waals surface area contributed by atoms with Crippen LogP contribution in [0.4, 0.5) is 4.39 Å². The minimum absolute atomic E-state index is 0.0743. The van der Waals surface area contributed by atoms with Crippen molar-refractivity contribution in [3.8, 4) is 0 Å². The normalized spacial score (nSPS) is 25.4. The van der Waals surface area contributed by atoms with Crippen LogP contribution in [0.5, 0.6) is 0 Å². The fourth-order valence-corrected chi connectivity index (χ4v) is 2.23. The second-order valence-electron chi connectivity index (χ2n) is 4.48. The molecule has 0 amide bonds. The van der Waals surface area contributed by atoms with E-state index < -0.39 is 0 Å². The molecule has 16 heavy (non-hydrogen) atoms. The van der Waals surface area contributed by atoms with Crippen molar-refractivity contribution >= 4 is 5.78 Å². The third-order valence-electron chi connectivity index (χ3n) is 3.27. The number of rotatable bonds is 2. The van der Waals surface area contributed by atoms with E-state index in [1.807, 2.05) is 0 Å². The summed E-state index contributed by atoms with van der Waals surface area (Å²) in [5.41, 5.74) is 6.41. The van der Waals surface area contributed by atoms with E-state index in [1.165, 1.54) is 12.1 Å². The summed E-state index contributed by atoms with van der Waals surface area (Å²) in [4.78, 5) is 12.1. The molecular formula is C13H16FNO. The van der Waals surface area contributed by atoms with Crippen molar-refractivity contribution in [3.63, 3.8) is 0 Å². The van der Waals surface area contributed by atoms with Crippen LogP contribution in [0.3, 0.4) is 0 Å². The van der Waals surface area contributed by atoms with Crippen molar-refractivity contribution in [1.82, 2.24) is 0 Å². The number of hydrogen-bond acceptors (Lipinski definition) is 2. The summed E-state index contributed by atoms with van der Waals surface area (Å²) in [7, 11) is 0. The molecule has 86 valence electrons. The highest BCUT2D eigenvalue weighted by Gasteiger charge is 2.25. The fraction of sp³-hybridized carbons (Fsp3) is 0.462. The Hall–Kier alpha value is -1.22. The maximum absolute atomic E-state index is 12.7. The van der Waals surface area contributed by atoms with Gasteiger partial charge in [0.2, 0.25) is 0 Å². The summed E-state index contributed by atoms with van der Waals surface area (Å²) in [6.07, 6.45) is 3.55. The molecule has 0 heterocycles. The van der Waals surface area contributed by atoms with Crippen LogP contribution in [0.2, 0.25) is 0 Å². The highest BCUT2D eigenvalue weighted by molar-refractivity contribution is 5.97. The van der Waals surface area contributed by atoms with Crippen molar-refractivity contribution < 1.29 is 9.18 Å². The monoisotopic (exact) mass is 221 g/mol. The van der Waals surface area contributed by atoms with E-state index in [1.54, 1.807) is 12.1 Å². The molecule has 0 unspecified atom stereocenters. The topological polar surface area (TPSA) is 43.1 Å². The maximum Gasteiger partial charge on any atom is 0.165 e. The van der Waals surface area contributed by atoms with Gasteiger partial charge >= 0.3 is 0 Å². The molecule has 0 radical (unpaired) electrons. The van der Waals surface area contributed by atoms with E-state index in [9.17, 15) is 9.18 Å². The molecule has 1 aliphatic rings. The number of Topliss-reactive ketones (excluding diaryl/α,β-unsaturated/α-hetero) is 1. The average Bonchev–Trinajstić information content (AvgIpc) is 2.30. The first kappa shape index (κ1) is 11.3. The van der Waals surface area contributed by atoms with Gasteiger partial charge in [0.25, 0.3) is 0 Å². The number of ketones is 1. The van der Waals surface area contributed by atoms with Gasteiger partial charge in [-0.15, -0.1) is 0 Å². The summed E-state index contributed by atoms with van der Waals surface area (Å²) < 4.78 is 12.7. The van der Waals surface area contributed by atoms with E-state index in [0.717, 1.165) is 25.7 Å². The molecule has 0 aliphatic heterocycles. The largest absolute Gasteiger partial charge is 0.328 e. The van der Waals surface area contributed by atoms with Gasteiger partial charge in [-0.05, 0) is 49.9 Å². The van der Waals surface area contributed by atoms with Gasteiger partial charge in [0.05, 0.1) is 0 Å². The molecule has 2 rings (SSSR count). The maximum atomic E-state index is 12.7. The van der Waals surface area contributed by atoms with Gasteiger partial charge in [-0.3, -0.25) is 4.79 Å². The Morgan fingerprint density at radius 1 is 1.12 bits per heavy atom. The molecule has 2 N–H and O–H groups in total. The molecule has 3 heteroatoms. The Balaban J connectivity index is 2.05. The van der Waals surface area contributed by atoms with E-state index in [2.05, 4.69) is 0 Å². The van der Waals surface area contributed by atoms with Gasteiger partial charge in [0, 0.05) is 17.5 Å². The molecule has 2 nitrogen and oxygen atoms in total. The van der Waals surface area contributed by atoms with Crippen LogP contribution in [0.15, 0.2) is 24.3 Å². The van der Waals surface area contributed by atoms with Crippen LogP contribution in [-0.2, 0) is 0 Å². The standard InChI is InChI=1S/C13H16FNO/c14-11-5-1-9(2-6-11)13(16)10-3-7-12(15)8-4-10/h1-2,5-6,10,12H,3-4,7-8,15H2. The van der Waals surface area contributed by atoms with Gasteiger partial charge < -0.3 is 5.73 Å². The van der Waals surface area contributed by atoms with Crippen LogP contribution in [0.25, 0.3) is 0 Å². The third kappa shape index (κ3) is 2.47. The molecule has 1 fully saturated rings. The lowest BCUT2D eigenvalue weighted by atomic mass is 9.82. The summed E-state index contributed by atoms with van der Waals surface area (Å²) in [5, 5.41) is 0. The lowest BCUT2D eigenvalue weighted by Gasteiger charge is -2.24. The number of nitrogens with two attached hydrogens (primary N) is 1. The smallest absolute Gasteiger partial charge is 0.165 e. The highest BCUT2D eigenvalue weighted by atomic mass is 19.1. The quantitative estimate of drug-likeness (QED) is 0.780. The first-order chi connectivity index (χ1) is 7.66. The van der Waals surface area contributed by atoms with Crippen LogP contribution in [0.1, 0.15) is 36.0 Å². The average molecular weight is 221 g/mol. The van der Waals surface area contributed by atoms with Crippen LogP contribution in [-0.4, -0.2) is 11.8 Å². The van der Waals surface area contributed by atoms with Gasteiger partial charge in [-0.1, -0.05) is 0 Å². The fourth-order valence-electron chi connectivity index (χ4n) is 2.23. The predicted molar refractivity (Wildman–Crippen MR) is 60.7 cm³/mol. The zero-order valence-electron chi connectivity index (χ0n) is 9.16. The molecule has 0 saturated heterocycles. The number of halogens is 1. The zero-order valence-corrected chi connectivity index (χ0v) is 9.16. The second kappa shape index (κ2) is 4.74. The molecule has 1 aromatic rings. The minimum atomic E-state index is -0.304. The molecular weight excluding hydrogens is 205 g/mol. The van der Waals surface area contributed by atoms with Crippen molar-refractivity contribution in [2.45, 2.75) is 31.7 Å². The Morgan fingerprint density at radius 3 is 2.25 bits per heavy atom. The van der Waals surface area contributed by atoms with Gasteiger partial charge in [-0.2, -0.15) is 0 Å². The number of carbonyl (C=O) groups excluding carboxylic acids is 1. The van der Waals surface area contributed by atoms with E-state index in [0.29, 0.717) is 5.56 Å². The molecule has 0 atom stereocenters. The summed E-state index contributed by atoms with van der Waals surface area (Å²) in [6.45, 7) is 0. The Labute approximate surface area is 94.6 Å². The lowest BCUT2D eigenvalue weighted by Crippen LogP contribution is -2.29. The van der Waals surface area contributed by atoms with Crippen molar-refractivity contribution in [1.29, 1.82) is 0 Å². The molecule has 1 aromatic carbocycles.